The van der Waals surface area contributed by atoms with Crippen LogP contribution in [0.3, 0.4) is 0 Å². The Kier molecular flexibility index (Phi) is 4.73. The number of nitrogens with zero attached hydrogens (tertiary/aromatic N) is 5. The first-order valence-electron chi connectivity index (χ1n) is 10.5. The zero-order valence-corrected chi connectivity index (χ0v) is 18.0. The summed E-state index contributed by atoms with van der Waals surface area (Å²) < 4.78 is 7.02. The Bertz CT molecular complexity index is 1250. The molecular formula is C24H25N5O2. The normalized spacial score (nSPS) is 14.4. The van der Waals surface area contributed by atoms with E-state index in [0.717, 1.165) is 47.1 Å². The van der Waals surface area contributed by atoms with Crippen LogP contribution in [0.1, 0.15) is 27.2 Å². The van der Waals surface area contributed by atoms with Crippen molar-refractivity contribution >= 4 is 17.4 Å². The van der Waals surface area contributed by atoms with Crippen LogP contribution in [0.15, 0.2) is 53.3 Å². The number of aryl methyl sites for hydroxylation is 2. The molecule has 0 spiro atoms. The second-order valence-electron chi connectivity index (χ2n) is 8.11. The zero-order valence-electron chi connectivity index (χ0n) is 18.0. The molecule has 1 saturated heterocycles. The van der Waals surface area contributed by atoms with Gasteiger partial charge in [-0.3, -0.25) is 4.79 Å². The van der Waals surface area contributed by atoms with Crippen LogP contribution in [-0.4, -0.2) is 51.6 Å². The maximum atomic E-state index is 12.6. The maximum absolute atomic E-state index is 12.6. The second kappa shape index (κ2) is 7.58. The van der Waals surface area contributed by atoms with Crippen LogP contribution in [0.5, 0.6) is 0 Å². The third-order valence-corrected chi connectivity index (χ3v) is 6.00. The van der Waals surface area contributed by atoms with Gasteiger partial charge in [-0.05, 0) is 32.9 Å². The Morgan fingerprint density at radius 1 is 1.03 bits per heavy atom. The van der Waals surface area contributed by atoms with Gasteiger partial charge in [-0.25, -0.2) is 4.98 Å². The van der Waals surface area contributed by atoms with Crippen LogP contribution >= 0.6 is 0 Å². The smallest absolute Gasteiger partial charge is 0.257 e. The largest absolute Gasteiger partial charge is 0.472 e. The Morgan fingerprint density at radius 3 is 2.55 bits per heavy atom. The summed E-state index contributed by atoms with van der Waals surface area (Å²) >= 11 is 0. The van der Waals surface area contributed by atoms with E-state index in [-0.39, 0.29) is 5.91 Å². The van der Waals surface area contributed by atoms with Crippen LogP contribution in [0.4, 0.5) is 5.82 Å². The first kappa shape index (κ1) is 19.4. The number of furan rings is 1. The molecule has 7 heteroatoms. The van der Waals surface area contributed by atoms with Gasteiger partial charge in [0, 0.05) is 49.1 Å². The third kappa shape index (κ3) is 3.46. The molecule has 158 valence electrons. The summed E-state index contributed by atoms with van der Waals surface area (Å²) in [5, 5.41) is 4.92. The molecule has 1 aliphatic heterocycles. The van der Waals surface area contributed by atoms with Crippen molar-refractivity contribution in [2.75, 3.05) is 31.1 Å². The van der Waals surface area contributed by atoms with Gasteiger partial charge in [-0.1, -0.05) is 23.8 Å². The first-order valence-corrected chi connectivity index (χ1v) is 10.5. The molecule has 0 bridgehead atoms. The van der Waals surface area contributed by atoms with E-state index in [1.165, 1.54) is 18.1 Å². The van der Waals surface area contributed by atoms with E-state index in [9.17, 15) is 4.79 Å². The second-order valence-corrected chi connectivity index (χ2v) is 8.11. The number of aromatic nitrogens is 3. The quantitative estimate of drug-likeness (QED) is 0.508. The lowest BCUT2D eigenvalue weighted by Crippen LogP contribution is -2.49. The number of anilines is 1. The lowest BCUT2D eigenvalue weighted by atomic mass is 10.1. The van der Waals surface area contributed by atoms with E-state index in [2.05, 4.69) is 43.0 Å². The number of amides is 1. The SMILES string of the molecule is Cc1cccc(-c2cc3nc(C)c(C)c(N4CCN(C(=O)c5ccoc5)CC4)n3n2)c1. The minimum absolute atomic E-state index is 0.0157. The lowest BCUT2D eigenvalue weighted by Gasteiger charge is -2.36. The standard InChI is InChI=1S/C24H25N5O2/c1-16-5-4-6-19(13-16)21-14-22-25-18(3)17(2)23(29(22)26-21)27-8-10-28(11-9-27)24(30)20-7-12-31-15-20/h4-7,12-15H,8-11H2,1-3H3. The van der Waals surface area contributed by atoms with Gasteiger partial charge in [0.05, 0.1) is 17.5 Å². The lowest BCUT2D eigenvalue weighted by molar-refractivity contribution is 0.0745. The molecule has 7 nitrogen and oxygen atoms in total. The van der Waals surface area contributed by atoms with Crippen LogP contribution in [0.25, 0.3) is 16.9 Å². The minimum Gasteiger partial charge on any atom is -0.472 e. The van der Waals surface area contributed by atoms with Gasteiger partial charge in [-0.2, -0.15) is 9.61 Å². The first-order chi connectivity index (χ1) is 15.0. The van der Waals surface area contributed by atoms with Crippen LogP contribution < -0.4 is 4.90 Å². The van der Waals surface area contributed by atoms with E-state index in [4.69, 9.17) is 14.5 Å². The number of hydrogen-bond donors (Lipinski definition) is 0. The topological polar surface area (TPSA) is 66.9 Å². The highest BCUT2D eigenvalue weighted by molar-refractivity contribution is 5.94. The summed E-state index contributed by atoms with van der Waals surface area (Å²) in [6.07, 6.45) is 3.04. The van der Waals surface area contributed by atoms with Gasteiger partial charge in [0.1, 0.15) is 12.1 Å². The summed E-state index contributed by atoms with van der Waals surface area (Å²) in [7, 11) is 0. The molecule has 0 atom stereocenters. The van der Waals surface area contributed by atoms with Gasteiger partial charge >= 0.3 is 0 Å². The molecule has 5 rings (SSSR count). The van der Waals surface area contributed by atoms with Crippen molar-refractivity contribution in [3.63, 3.8) is 0 Å². The van der Waals surface area contributed by atoms with E-state index >= 15 is 0 Å². The fraction of sp³-hybridized carbons (Fsp3) is 0.292. The van der Waals surface area contributed by atoms with Crippen molar-refractivity contribution in [1.29, 1.82) is 0 Å². The average Bonchev–Trinajstić information content (AvgIpc) is 3.45. The summed E-state index contributed by atoms with van der Waals surface area (Å²) in [6.45, 7) is 8.99. The van der Waals surface area contributed by atoms with Crippen LogP contribution in [-0.2, 0) is 0 Å². The Hall–Kier alpha value is -3.61. The molecular weight excluding hydrogens is 390 g/mol. The van der Waals surface area contributed by atoms with E-state index in [0.29, 0.717) is 18.7 Å². The Labute approximate surface area is 180 Å². The number of piperazine rings is 1. The molecule has 1 fully saturated rings. The number of hydrogen-bond acceptors (Lipinski definition) is 5. The number of fused-ring (bicyclic) bond motifs is 1. The molecule has 0 N–H and O–H groups in total. The van der Waals surface area contributed by atoms with Gasteiger partial charge in [-0.15, -0.1) is 0 Å². The fourth-order valence-electron chi connectivity index (χ4n) is 4.19. The summed E-state index contributed by atoms with van der Waals surface area (Å²) in [5.74, 6) is 1.07. The maximum Gasteiger partial charge on any atom is 0.257 e. The average molecular weight is 415 g/mol. The number of benzene rings is 1. The van der Waals surface area contributed by atoms with Crippen molar-refractivity contribution in [2.24, 2.45) is 0 Å². The minimum atomic E-state index is 0.0157. The van der Waals surface area contributed by atoms with E-state index < -0.39 is 0 Å². The molecule has 3 aromatic heterocycles. The number of rotatable bonds is 3. The van der Waals surface area contributed by atoms with Crippen molar-refractivity contribution < 1.29 is 9.21 Å². The van der Waals surface area contributed by atoms with Gasteiger partial charge in [0.2, 0.25) is 0 Å². The number of carbonyl (C=O) groups excluding carboxylic acids is 1. The Balaban J connectivity index is 1.47. The van der Waals surface area contributed by atoms with Crippen molar-refractivity contribution in [3.05, 3.63) is 71.3 Å². The van der Waals surface area contributed by atoms with Crippen molar-refractivity contribution in [2.45, 2.75) is 20.8 Å². The molecule has 0 aliphatic carbocycles. The van der Waals surface area contributed by atoms with Crippen molar-refractivity contribution in [1.82, 2.24) is 19.5 Å². The van der Waals surface area contributed by atoms with Crippen molar-refractivity contribution in [3.8, 4) is 11.3 Å². The zero-order chi connectivity index (χ0) is 21.5. The molecule has 0 radical (unpaired) electrons. The molecule has 0 saturated carbocycles. The van der Waals surface area contributed by atoms with E-state index in [1.54, 1.807) is 6.07 Å². The van der Waals surface area contributed by atoms with Crippen LogP contribution in [0.2, 0.25) is 0 Å². The summed E-state index contributed by atoms with van der Waals surface area (Å²) in [6, 6.07) is 12.1. The highest BCUT2D eigenvalue weighted by Gasteiger charge is 2.26. The summed E-state index contributed by atoms with van der Waals surface area (Å²) in [4.78, 5) is 21.6. The molecule has 1 aliphatic rings. The van der Waals surface area contributed by atoms with E-state index in [1.807, 2.05) is 22.4 Å². The molecule has 4 aromatic rings. The predicted octanol–water partition coefficient (Wildman–Crippen LogP) is 3.88. The third-order valence-electron chi connectivity index (χ3n) is 6.00. The number of carbonyl (C=O) groups is 1. The predicted molar refractivity (Wildman–Crippen MR) is 119 cm³/mol. The fourth-order valence-corrected chi connectivity index (χ4v) is 4.19. The highest BCUT2D eigenvalue weighted by atomic mass is 16.3. The molecule has 1 aromatic carbocycles. The molecule has 31 heavy (non-hydrogen) atoms. The summed E-state index contributed by atoms with van der Waals surface area (Å²) in [5.41, 5.74) is 6.75. The van der Waals surface area contributed by atoms with Gasteiger partial charge in [0.25, 0.3) is 5.91 Å². The molecule has 0 unspecified atom stereocenters. The van der Waals surface area contributed by atoms with Gasteiger partial charge < -0.3 is 14.2 Å². The highest BCUT2D eigenvalue weighted by Crippen LogP contribution is 2.28. The van der Waals surface area contributed by atoms with Crippen LogP contribution in [0, 0.1) is 20.8 Å². The van der Waals surface area contributed by atoms with Gasteiger partial charge in [0.15, 0.2) is 5.65 Å². The monoisotopic (exact) mass is 415 g/mol. The Morgan fingerprint density at radius 2 is 1.84 bits per heavy atom. The molecule has 1 amide bonds. The molecule has 4 heterocycles.